The molecule has 1 saturated heterocycles. The van der Waals surface area contributed by atoms with Gasteiger partial charge < -0.3 is 20.5 Å². The monoisotopic (exact) mass is 358 g/mol. The van der Waals surface area contributed by atoms with Gasteiger partial charge in [0.25, 0.3) is 0 Å². The second-order valence-electron chi connectivity index (χ2n) is 7.28. The number of nitrogens with zero attached hydrogens (tertiary/aromatic N) is 1. The minimum absolute atomic E-state index is 0.0269. The third-order valence-corrected chi connectivity index (χ3v) is 4.86. The molecule has 2 rings (SSSR count). The van der Waals surface area contributed by atoms with Gasteiger partial charge in [0.2, 0.25) is 0 Å². The van der Waals surface area contributed by atoms with Crippen LogP contribution in [-0.4, -0.2) is 41.8 Å². The average Bonchev–Trinajstić information content (AvgIpc) is 2.70. The number of benzene rings is 1. The van der Waals surface area contributed by atoms with Crippen molar-refractivity contribution in [2.45, 2.75) is 38.9 Å². The Kier molecular flexibility index (Phi) is 5.42. The van der Waals surface area contributed by atoms with Gasteiger partial charge in [0.15, 0.2) is 0 Å². The fraction of sp³-hybridized carbons (Fsp3) is 0.588. The number of amides is 1. The van der Waals surface area contributed by atoms with Gasteiger partial charge in [-0.25, -0.2) is 9.18 Å². The Morgan fingerprint density at radius 3 is 2.71 bits per heavy atom. The standard InChI is InChI=1S/C17H24ClFN2O3/c1-16(2,3)14-9-21(15(22)23)7-6-17(10-20,24-14)11-4-5-12(18)13(19)8-11/h4-5,8,14H,6-7,9-10,20H2,1-3H3,(H,22,23)/t14?,17-/m1/s1. The zero-order valence-corrected chi connectivity index (χ0v) is 14.9. The van der Waals surface area contributed by atoms with Crippen molar-refractivity contribution in [2.75, 3.05) is 19.6 Å². The van der Waals surface area contributed by atoms with Gasteiger partial charge in [-0.3, -0.25) is 0 Å². The van der Waals surface area contributed by atoms with E-state index in [-0.39, 0.29) is 36.2 Å². The first-order valence-corrected chi connectivity index (χ1v) is 8.28. The van der Waals surface area contributed by atoms with Crippen LogP contribution in [0, 0.1) is 11.2 Å². The highest BCUT2D eigenvalue weighted by atomic mass is 35.5. The lowest BCUT2D eigenvalue weighted by Gasteiger charge is -2.39. The van der Waals surface area contributed by atoms with Crippen LogP contribution in [0.3, 0.4) is 0 Å². The van der Waals surface area contributed by atoms with Crippen molar-refractivity contribution in [1.29, 1.82) is 0 Å². The van der Waals surface area contributed by atoms with Crippen LogP contribution in [0.25, 0.3) is 0 Å². The lowest BCUT2D eigenvalue weighted by atomic mass is 9.86. The van der Waals surface area contributed by atoms with E-state index in [9.17, 15) is 14.3 Å². The number of ether oxygens (including phenoxy) is 1. The maximum atomic E-state index is 13.9. The predicted octanol–water partition coefficient (Wildman–Crippen LogP) is 3.45. The van der Waals surface area contributed by atoms with Gasteiger partial charge in [-0.2, -0.15) is 0 Å². The fourth-order valence-electron chi connectivity index (χ4n) is 2.86. The van der Waals surface area contributed by atoms with Crippen LogP contribution in [0.4, 0.5) is 9.18 Å². The molecular weight excluding hydrogens is 335 g/mol. The van der Waals surface area contributed by atoms with E-state index in [1.165, 1.54) is 17.0 Å². The number of nitrogens with two attached hydrogens (primary N) is 1. The van der Waals surface area contributed by atoms with E-state index in [1.807, 2.05) is 20.8 Å². The molecule has 134 valence electrons. The van der Waals surface area contributed by atoms with Crippen LogP contribution in [-0.2, 0) is 10.3 Å². The van der Waals surface area contributed by atoms with Crippen LogP contribution in [0.1, 0.15) is 32.8 Å². The molecule has 1 aliphatic rings. The summed E-state index contributed by atoms with van der Waals surface area (Å²) >= 11 is 5.77. The lowest BCUT2D eigenvalue weighted by molar-refractivity contribution is -0.125. The van der Waals surface area contributed by atoms with Crippen LogP contribution in [0.5, 0.6) is 0 Å². The maximum absolute atomic E-state index is 13.9. The summed E-state index contributed by atoms with van der Waals surface area (Å²) < 4.78 is 20.3. The molecule has 1 aliphatic heterocycles. The number of carboxylic acid groups (broad SMARTS) is 1. The maximum Gasteiger partial charge on any atom is 0.407 e. The molecule has 1 fully saturated rings. The Hall–Kier alpha value is -1.37. The molecule has 0 aromatic heterocycles. The van der Waals surface area contributed by atoms with E-state index in [0.717, 1.165) is 0 Å². The van der Waals surface area contributed by atoms with Gasteiger partial charge in [-0.05, 0) is 29.5 Å². The minimum atomic E-state index is -0.997. The second kappa shape index (κ2) is 6.86. The largest absolute Gasteiger partial charge is 0.465 e. The van der Waals surface area contributed by atoms with Crippen molar-refractivity contribution in [2.24, 2.45) is 11.1 Å². The first-order valence-electron chi connectivity index (χ1n) is 7.90. The summed E-state index contributed by atoms with van der Waals surface area (Å²) in [5.41, 5.74) is 5.33. The lowest BCUT2D eigenvalue weighted by Crippen LogP contribution is -2.45. The smallest absolute Gasteiger partial charge is 0.407 e. The number of hydrogen-bond acceptors (Lipinski definition) is 3. The Balaban J connectivity index is 2.47. The van der Waals surface area contributed by atoms with Crippen LogP contribution in [0.2, 0.25) is 5.02 Å². The molecule has 1 amide bonds. The summed E-state index contributed by atoms with van der Waals surface area (Å²) in [6.07, 6.45) is -1.02. The van der Waals surface area contributed by atoms with Gasteiger partial charge in [-0.15, -0.1) is 0 Å². The van der Waals surface area contributed by atoms with E-state index in [0.29, 0.717) is 12.0 Å². The van der Waals surface area contributed by atoms with Crippen molar-refractivity contribution < 1.29 is 19.0 Å². The van der Waals surface area contributed by atoms with E-state index < -0.39 is 17.5 Å². The van der Waals surface area contributed by atoms with Crippen molar-refractivity contribution in [1.82, 2.24) is 4.90 Å². The fourth-order valence-corrected chi connectivity index (χ4v) is 2.98. The summed E-state index contributed by atoms with van der Waals surface area (Å²) in [6.45, 7) is 6.57. The number of halogens is 2. The van der Waals surface area contributed by atoms with E-state index in [1.54, 1.807) is 6.07 Å². The van der Waals surface area contributed by atoms with E-state index in [4.69, 9.17) is 22.1 Å². The molecule has 0 bridgehead atoms. The Morgan fingerprint density at radius 2 is 2.21 bits per heavy atom. The normalized spacial score (nSPS) is 25.4. The zero-order chi connectivity index (χ0) is 18.1. The number of hydrogen-bond donors (Lipinski definition) is 2. The third-order valence-electron chi connectivity index (χ3n) is 4.55. The summed E-state index contributed by atoms with van der Waals surface area (Å²) in [6, 6.07) is 4.48. The minimum Gasteiger partial charge on any atom is -0.465 e. The topological polar surface area (TPSA) is 75.8 Å². The van der Waals surface area contributed by atoms with E-state index >= 15 is 0 Å². The zero-order valence-electron chi connectivity index (χ0n) is 14.2. The highest BCUT2D eigenvalue weighted by Gasteiger charge is 2.43. The van der Waals surface area contributed by atoms with Gasteiger partial charge >= 0.3 is 6.09 Å². The van der Waals surface area contributed by atoms with Crippen molar-refractivity contribution in [3.63, 3.8) is 0 Å². The van der Waals surface area contributed by atoms with Gasteiger partial charge in [0.05, 0.1) is 17.7 Å². The Morgan fingerprint density at radius 1 is 1.54 bits per heavy atom. The second-order valence-corrected chi connectivity index (χ2v) is 7.69. The number of carbonyl (C=O) groups is 1. The molecule has 1 unspecified atom stereocenters. The van der Waals surface area contributed by atoms with Gasteiger partial charge in [0, 0.05) is 13.1 Å². The molecule has 0 spiro atoms. The van der Waals surface area contributed by atoms with Crippen molar-refractivity contribution in [3.05, 3.63) is 34.6 Å². The van der Waals surface area contributed by atoms with E-state index in [2.05, 4.69) is 0 Å². The highest BCUT2D eigenvalue weighted by Crippen LogP contribution is 2.38. The van der Waals surface area contributed by atoms with Gasteiger partial charge in [-0.1, -0.05) is 38.4 Å². The summed E-state index contributed by atoms with van der Waals surface area (Å²) in [5.74, 6) is -0.544. The third kappa shape index (κ3) is 3.82. The molecule has 0 aliphatic carbocycles. The Bertz CT molecular complexity index is 620. The predicted molar refractivity (Wildman–Crippen MR) is 90.7 cm³/mol. The molecule has 1 heterocycles. The summed E-state index contributed by atoms with van der Waals surface area (Å²) in [4.78, 5) is 12.8. The average molecular weight is 359 g/mol. The van der Waals surface area contributed by atoms with Crippen molar-refractivity contribution >= 4 is 17.7 Å². The number of rotatable bonds is 2. The molecule has 2 atom stereocenters. The molecule has 1 aromatic rings. The highest BCUT2D eigenvalue weighted by molar-refractivity contribution is 6.30. The SMILES string of the molecule is CC(C)(C)C1CN(C(=O)O)CC[C@@](CN)(c2ccc(Cl)c(F)c2)O1. The van der Waals surface area contributed by atoms with Crippen LogP contribution < -0.4 is 5.73 Å². The van der Waals surface area contributed by atoms with Gasteiger partial charge in [0.1, 0.15) is 11.4 Å². The first kappa shape index (κ1) is 19.0. The molecule has 1 aromatic carbocycles. The van der Waals surface area contributed by atoms with Crippen molar-refractivity contribution in [3.8, 4) is 0 Å². The van der Waals surface area contributed by atoms with Crippen LogP contribution >= 0.6 is 11.6 Å². The summed E-state index contributed by atoms with van der Waals surface area (Å²) in [7, 11) is 0. The molecule has 0 radical (unpaired) electrons. The molecule has 5 nitrogen and oxygen atoms in total. The molecular formula is C17H24ClFN2O3. The quantitative estimate of drug-likeness (QED) is 0.849. The molecule has 7 heteroatoms. The molecule has 0 saturated carbocycles. The summed E-state index contributed by atoms with van der Waals surface area (Å²) in [5, 5.41) is 9.43. The van der Waals surface area contributed by atoms with Crippen LogP contribution in [0.15, 0.2) is 18.2 Å². The first-order chi connectivity index (χ1) is 11.1. The molecule has 3 N–H and O–H groups in total. The Labute approximate surface area is 146 Å². The molecule has 24 heavy (non-hydrogen) atoms.